The van der Waals surface area contributed by atoms with Crippen LogP contribution in [0.15, 0.2) is 30.6 Å². The second-order valence-electron chi connectivity index (χ2n) is 7.93. The molecule has 4 rings (SSSR count). The van der Waals surface area contributed by atoms with Crippen molar-refractivity contribution in [1.29, 1.82) is 0 Å². The van der Waals surface area contributed by atoms with Crippen molar-refractivity contribution in [2.24, 2.45) is 7.05 Å². The van der Waals surface area contributed by atoms with Crippen LogP contribution in [0.3, 0.4) is 0 Å². The number of aliphatic hydroxyl groups excluding tert-OH is 1. The Bertz CT molecular complexity index is 1400. The van der Waals surface area contributed by atoms with Crippen LogP contribution in [0.4, 0.5) is 25.8 Å². The number of aliphatic hydroxyl groups is 1. The molecule has 3 aromatic rings. The van der Waals surface area contributed by atoms with Crippen molar-refractivity contribution in [2.45, 2.75) is 37.2 Å². The van der Waals surface area contributed by atoms with Gasteiger partial charge in [-0.3, -0.25) is 5.32 Å². The summed E-state index contributed by atoms with van der Waals surface area (Å²) in [7, 11) is -5.13. The number of aromatic nitrogens is 4. The summed E-state index contributed by atoms with van der Waals surface area (Å²) in [4.78, 5) is 0. The Morgan fingerprint density at radius 2 is 1.89 bits per heavy atom. The fourth-order valence-corrected chi connectivity index (χ4v) is 3.92. The molecule has 1 saturated carbocycles. The van der Waals surface area contributed by atoms with Gasteiger partial charge in [-0.15, -0.1) is 0 Å². The van der Waals surface area contributed by atoms with Crippen LogP contribution in [0.2, 0.25) is 5.02 Å². The molecule has 0 radical (unpaired) electrons. The SMILES string of the molecule is Cn1nc(C(F)(F)C(F)(F)F)c(OS(=O)(=O)F)c1-n1cc(-c2ccc(Cl)c(C(O)NC3CC3)c2)cn1. The van der Waals surface area contributed by atoms with E-state index in [4.69, 9.17) is 11.6 Å². The van der Waals surface area contributed by atoms with Gasteiger partial charge in [-0.1, -0.05) is 21.6 Å². The van der Waals surface area contributed by atoms with Gasteiger partial charge in [-0.05, 0) is 30.5 Å². The van der Waals surface area contributed by atoms with Crippen LogP contribution in [0, 0.1) is 0 Å². The van der Waals surface area contributed by atoms with E-state index < -0.39 is 46.1 Å². The molecule has 2 N–H and O–H groups in total. The van der Waals surface area contributed by atoms with Gasteiger partial charge in [0.15, 0.2) is 11.5 Å². The number of aryl methyl sites for hydroxylation is 1. The monoisotopic (exact) mass is 559 g/mol. The first-order chi connectivity index (χ1) is 16.6. The number of rotatable bonds is 8. The lowest BCUT2D eigenvalue weighted by molar-refractivity contribution is -0.291. The van der Waals surface area contributed by atoms with Gasteiger partial charge < -0.3 is 9.29 Å². The van der Waals surface area contributed by atoms with Crippen LogP contribution in [0.5, 0.6) is 5.75 Å². The van der Waals surface area contributed by atoms with E-state index in [2.05, 4.69) is 19.7 Å². The van der Waals surface area contributed by atoms with Crippen LogP contribution >= 0.6 is 11.6 Å². The van der Waals surface area contributed by atoms with E-state index in [1.807, 2.05) is 0 Å². The standard InChI is InChI=1S/C19H16ClF6N5O4S/c1-30-17(14(35-36(26,33)34)15(29-30)18(21,22)19(23,24)25)31-8-10(7-27-31)9-2-5-13(20)12(6-9)16(32)28-11-3-4-11/h2,5-8,11,16,28,32H,3-4H2,1H3. The zero-order chi connectivity index (χ0) is 26.6. The highest BCUT2D eigenvalue weighted by atomic mass is 35.5. The molecule has 1 aliphatic rings. The van der Waals surface area contributed by atoms with Gasteiger partial charge in [0.1, 0.15) is 6.23 Å². The van der Waals surface area contributed by atoms with E-state index in [1.165, 1.54) is 18.2 Å². The largest absolute Gasteiger partial charge is 0.488 e. The molecule has 1 unspecified atom stereocenters. The minimum atomic E-state index is -6.19. The zero-order valence-corrected chi connectivity index (χ0v) is 19.5. The third kappa shape index (κ3) is 5.16. The molecule has 0 spiro atoms. The quantitative estimate of drug-likeness (QED) is 0.244. The van der Waals surface area contributed by atoms with Crippen LogP contribution in [-0.4, -0.2) is 45.3 Å². The molecule has 1 aliphatic carbocycles. The maximum Gasteiger partial charge on any atom is 0.488 e. The molecular weight excluding hydrogens is 544 g/mol. The predicted molar refractivity (Wildman–Crippen MR) is 112 cm³/mol. The highest BCUT2D eigenvalue weighted by Gasteiger charge is 2.63. The topological polar surface area (TPSA) is 111 Å². The van der Waals surface area contributed by atoms with E-state index in [1.54, 1.807) is 0 Å². The van der Waals surface area contributed by atoms with Gasteiger partial charge in [0.2, 0.25) is 5.75 Å². The number of nitrogens with zero attached hydrogens (tertiary/aromatic N) is 4. The Labute approximate surface area is 204 Å². The summed E-state index contributed by atoms with van der Waals surface area (Å²) in [5.41, 5.74) is -1.20. The van der Waals surface area contributed by atoms with Crippen LogP contribution < -0.4 is 9.50 Å². The maximum atomic E-state index is 14.1. The first-order valence-electron chi connectivity index (χ1n) is 10.0. The number of hydrogen-bond donors (Lipinski definition) is 2. The highest BCUT2D eigenvalue weighted by Crippen LogP contribution is 2.48. The fraction of sp³-hybridized carbons (Fsp3) is 0.368. The van der Waals surface area contributed by atoms with Gasteiger partial charge in [-0.25, -0.2) is 9.36 Å². The summed E-state index contributed by atoms with van der Waals surface area (Å²) in [5.74, 6) is -8.21. The molecule has 2 heterocycles. The summed E-state index contributed by atoms with van der Waals surface area (Å²) in [6.07, 6.45) is -3.23. The highest BCUT2D eigenvalue weighted by molar-refractivity contribution is 7.81. The number of alkyl halides is 5. The van der Waals surface area contributed by atoms with Crippen LogP contribution in [-0.2, 0) is 23.5 Å². The molecule has 36 heavy (non-hydrogen) atoms. The second-order valence-corrected chi connectivity index (χ2v) is 9.29. The molecular formula is C19H16ClF6N5O4S. The maximum absolute atomic E-state index is 14.1. The first-order valence-corrected chi connectivity index (χ1v) is 11.7. The average Bonchev–Trinajstić information content (AvgIpc) is 3.32. The lowest BCUT2D eigenvalue weighted by Crippen LogP contribution is -2.34. The van der Waals surface area contributed by atoms with E-state index in [0.717, 1.165) is 32.3 Å². The smallest absolute Gasteiger partial charge is 0.374 e. The summed E-state index contributed by atoms with van der Waals surface area (Å²) in [6.45, 7) is 0. The lowest BCUT2D eigenvalue weighted by Gasteiger charge is -2.18. The van der Waals surface area contributed by atoms with E-state index in [9.17, 15) is 39.4 Å². The third-order valence-corrected chi connectivity index (χ3v) is 5.92. The Hall–Kier alpha value is -2.82. The fourth-order valence-electron chi connectivity index (χ4n) is 3.35. The number of hydrogen-bond acceptors (Lipinski definition) is 7. The minimum absolute atomic E-state index is 0.140. The zero-order valence-electron chi connectivity index (χ0n) is 18.0. The predicted octanol–water partition coefficient (Wildman–Crippen LogP) is 3.92. The number of benzene rings is 1. The third-order valence-electron chi connectivity index (χ3n) is 5.21. The second kappa shape index (κ2) is 8.93. The lowest BCUT2D eigenvalue weighted by atomic mass is 10.1. The van der Waals surface area contributed by atoms with Gasteiger partial charge in [-0.2, -0.15) is 40.6 Å². The van der Waals surface area contributed by atoms with Crippen molar-refractivity contribution >= 4 is 22.1 Å². The molecule has 17 heteroatoms. The van der Waals surface area contributed by atoms with E-state index in [0.29, 0.717) is 20.5 Å². The van der Waals surface area contributed by atoms with E-state index in [-0.39, 0.29) is 16.6 Å². The normalized spacial score (nSPS) is 15.8. The van der Waals surface area contributed by atoms with Gasteiger partial charge in [0.05, 0.1) is 6.20 Å². The summed E-state index contributed by atoms with van der Waals surface area (Å²) >= 11 is 6.16. The van der Waals surface area contributed by atoms with Crippen molar-refractivity contribution in [1.82, 2.24) is 24.9 Å². The molecule has 0 aliphatic heterocycles. The Balaban J connectivity index is 1.78. The minimum Gasteiger partial charge on any atom is -0.374 e. The van der Waals surface area contributed by atoms with Crippen molar-refractivity contribution in [3.8, 4) is 22.7 Å². The average molecular weight is 560 g/mol. The Kier molecular flexibility index (Phi) is 6.51. The summed E-state index contributed by atoms with van der Waals surface area (Å²) < 4.78 is 107. The van der Waals surface area contributed by atoms with E-state index >= 15 is 0 Å². The summed E-state index contributed by atoms with van der Waals surface area (Å²) in [6, 6.07) is 4.63. The molecule has 9 nitrogen and oxygen atoms in total. The van der Waals surface area contributed by atoms with Crippen molar-refractivity contribution < 1.29 is 43.5 Å². The molecule has 1 atom stereocenters. The molecule has 0 amide bonds. The molecule has 1 aromatic carbocycles. The van der Waals surface area contributed by atoms with Crippen molar-refractivity contribution in [3.63, 3.8) is 0 Å². The first kappa shape index (κ1) is 26.2. The summed E-state index contributed by atoms with van der Waals surface area (Å²) in [5, 5.41) is 20.5. The van der Waals surface area contributed by atoms with Gasteiger partial charge in [0.25, 0.3) is 0 Å². The molecule has 1 fully saturated rings. The molecule has 2 aromatic heterocycles. The van der Waals surface area contributed by atoms with Gasteiger partial charge >= 0.3 is 22.6 Å². The number of nitrogens with one attached hydrogen (secondary N) is 1. The van der Waals surface area contributed by atoms with Crippen LogP contribution in [0.1, 0.15) is 30.3 Å². The Morgan fingerprint density at radius 1 is 1.22 bits per heavy atom. The molecule has 196 valence electrons. The van der Waals surface area contributed by atoms with Crippen LogP contribution in [0.25, 0.3) is 16.9 Å². The number of halogens is 7. The van der Waals surface area contributed by atoms with Crippen molar-refractivity contribution in [3.05, 3.63) is 46.9 Å². The molecule has 0 saturated heterocycles. The van der Waals surface area contributed by atoms with Gasteiger partial charge in [0, 0.05) is 35.4 Å². The Morgan fingerprint density at radius 3 is 2.47 bits per heavy atom. The molecule has 0 bridgehead atoms. The van der Waals surface area contributed by atoms with Crippen molar-refractivity contribution in [2.75, 3.05) is 0 Å².